The Kier molecular flexibility index (Phi) is 2.26. The van der Waals surface area contributed by atoms with Gasteiger partial charge in [-0.2, -0.15) is 0 Å². The number of nitrogens with one attached hydrogen (secondary N) is 3. The van der Waals surface area contributed by atoms with Crippen LogP contribution < -0.4 is 10.9 Å². The predicted molar refractivity (Wildman–Crippen MR) is 50.8 cm³/mol. The Labute approximate surface area is 79.4 Å². The van der Waals surface area contributed by atoms with Gasteiger partial charge in [0.15, 0.2) is 0 Å². The van der Waals surface area contributed by atoms with Gasteiger partial charge in [0, 0.05) is 12.3 Å². The number of imidazole rings is 1. The smallest absolute Gasteiger partial charge is 0.252 e. The largest absolute Gasteiger partial charge is 0.364 e. The standard InChI is InChI=1S/C8H9N5O/c14-8-1-7(12-5-13-8)10-3-6-2-9-4-11-6/h1-2,4-5H,3H2,(H,9,11)(H2,10,12,13,14). The van der Waals surface area contributed by atoms with Crippen LogP contribution in [0, 0.1) is 0 Å². The van der Waals surface area contributed by atoms with Crippen molar-refractivity contribution in [3.8, 4) is 0 Å². The first kappa shape index (κ1) is 8.49. The van der Waals surface area contributed by atoms with Crippen molar-refractivity contribution in [2.45, 2.75) is 6.54 Å². The van der Waals surface area contributed by atoms with Gasteiger partial charge in [0.1, 0.15) is 5.82 Å². The molecule has 0 fully saturated rings. The molecule has 14 heavy (non-hydrogen) atoms. The van der Waals surface area contributed by atoms with Crippen molar-refractivity contribution in [1.82, 2.24) is 19.9 Å². The number of H-pyrrole nitrogens is 2. The van der Waals surface area contributed by atoms with Crippen LogP contribution in [0.25, 0.3) is 0 Å². The maximum atomic E-state index is 10.9. The Balaban J connectivity index is 2.02. The first-order valence-electron chi connectivity index (χ1n) is 4.10. The summed E-state index contributed by atoms with van der Waals surface area (Å²) in [4.78, 5) is 24.1. The number of hydrogen-bond acceptors (Lipinski definition) is 4. The Bertz CT molecular complexity index is 447. The van der Waals surface area contributed by atoms with Gasteiger partial charge in [-0.25, -0.2) is 9.97 Å². The van der Waals surface area contributed by atoms with Gasteiger partial charge in [0.05, 0.1) is 24.9 Å². The van der Waals surface area contributed by atoms with E-state index < -0.39 is 0 Å². The van der Waals surface area contributed by atoms with Gasteiger partial charge in [0.2, 0.25) is 0 Å². The van der Waals surface area contributed by atoms with E-state index in [1.54, 1.807) is 12.5 Å². The number of aromatic amines is 2. The third kappa shape index (κ3) is 1.98. The second-order valence-corrected chi connectivity index (χ2v) is 2.73. The van der Waals surface area contributed by atoms with Crippen molar-refractivity contribution in [2.75, 3.05) is 5.32 Å². The molecule has 0 spiro atoms. The van der Waals surface area contributed by atoms with Crippen LogP contribution in [-0.2, 0) is 6.54 Å². The zero-order chi connectivity index (χ0) is 9.80. The molecule has 0 saturated carbocycles. The fourth-order valence-corrected chi connectivity index (χ4v) is 1.03. The summed E-state index contributed by atoms with van der Waals surface area (Å²) in [7, 11) is 0. The van der Waals surface area contributed by atoms with E-state index in [0.29, 0.717) is 12.4 Å². The van der Waals surface area contributed by atoms with Gasteiger partial charge in [0.25, 0.3) is 5.56 Å². The minimum atomic E-state index is -0.174. The molecule has 2 aromatic rings. The first-order chi connectivity index (χ1) is 6.84. The molecule has 0 atom stereocenters. The molecule has 0 saturated heterocycles. The summed E-state index contributed by atoms with van der Waals surface area (Å²) in [6, 6.07) is 1.40. The van der Waals surface area contributed by atoms with E-state index in [0.717, 1.165) is 5.69 Å². The molecule has 0 aliphatic carbocycles. The Morgan fingerprint density at radius 2 is 2.29 bits per heavy atom. The molecule has 72 valence electrons. The normalized spacial score (nSPS) is 10.0. The first-order valence-corrected chi connectivity index (χ1v) is 4.10. The second kappa shape index (κ2) is 3.73. The van der Waals surface area contributed by atoms with Crippen molar-refractivity contribution in [2.24, 2.45) is 0 Å². The summed E-state index contributed by atoms with van der Waals surface area (Å²) >= 11 is 0. The van der Waals surface area contributed by atoms with Crippen LogP contribution >= 0.6 is 0 Å². The molecule has 0 amide bonds. The fraction of sp³-hybridized carbons (Fsp3) is 0.125. The van der Waals surface area contributed by atoms with E-state index in [1.165, 1.54) is 12.4 Å². The van der Waals surface area contributed by atoms with E-state index in [1.807, 2.05) is 0 Å². The Morgan fingerprint density at radius 3 is 3.00 bits per heavy atom. The molecule has 0 aliphatic heterocycles. The van der Waals surface area contributed by atoms with Crippen LogP contribution in [0.2, 0.25) is 0 Å². The average Bonchev–Trinajstić information content (AvgIpc) is 2.67. The number of rotatable bonds is 3. The monoisotopic (exact) mass is 191 g/mol. The van der Waals surface area contributed by atoms with Crippen molar-refractivity contribution < 1.29 is 0 Å². The van der Waals surface area contributed by atoms with Crippen LogP contribution in [0.3, 0.4) is 0 Å². The van der Waals surface area contributed by atoms with Crippen molar-refractivity contribution in [1.29, 1.82) is 0 Å². The number of nitrogens with zero attached hydrogens (tertiary/aromatic N) is 2. The van der Waals surface area contributed by atoms with E-state index in [4.69, 9.17) is 0 Å². The van der Waals surface area contributed by atoms with E-state index in [9.17, 15) is 4.79 Å². The van der Waals surface area contributed by atoms with Crippen LogP contribution in [0.1, 0.15) is 5.69 Å². The Morgan fingerprint density at radius 1 is 1.36 bits per heavy atom. The molecule has 6 nitrogen and oxygen atoms in total. The lowest BCUT2D eigenvalue weighted by Crippen LogP contribution is -2.08. The molecule has 6 heteroatoms. The van der Waals surface area contributed by atoms with E-state index in [-0.39, 0.29) is 5.56 Å². The van der Waals surface area contributed by atoms with Crippen LogP contribution in [0.4, 0.5) is 5.82 Å². The van der Waals surface area contributed by atoms with Gasteiger partial charge in [-0.05, 0) is 0 Å². The highest BCUT2D eigenvalue weighted by atomic mass is 16.1. The van der Waals surface area contributed by atoms with Crippen molar-refractivity contribution in [3.63, 3.8) is 0 Å². The summed E-state index contributed by atoms with van der Waals surface area (Å²) in [5.41, 5.74) is 0.763. The van der Waals surface area contributed by atoms with Gasteiger partial charge >= 0.3 is 0 Å². The number of hydrogen-bond donors (Lipinski definition) is 3. The molecular weight excluding hydrogens is 182 g/mol. The van der Waals surface area contributed by atoms with E-state index >= 15 is 0 Å². The van der Waals surface area contributed by atoms with Crippen molar-refractivity contribution >= 4 is 5.82 Å². The quantitative estimate of drug-likeness (QED) is 0.642. The maximum Gasteiger partial charge on any atom is 0.252 e. The third-order valence-electron chi connectivity index (χ3n) is 1.69. The highest BCUT2D eigenvalue weighted by molar-refractivity contribution is 5.31. The number of aromatic nitrogens is 4. The zero-order valence-electron chi connectivity index (χ0n) is 7.32. The average molecular weight is 191 g/mol. The molecule has 0 aliphatic rings. The molecule has 3 N–H and O–H groups in total. The maximum absolute atomic E-state index is 10.9. The summed E-state index contributed by atoms with van der Waals surface area (Å²) in [5, 5.41) is 2.99. The van der Waals surface area contributed by atoms with Gasteiger partial charge in [-0.3, -0.25) is 4.79 Å². The third-order valence-corrected chi connectivity index (χ3v) is 1.69. The summed E-state index contributed by atoms with van der Waals surface area (Å²) in [6.07, 6.45) is 4.67. The Hall–Kier alpha value is -2.11. The number of anilines is 1. The predicted octanol–water partition coefficient (Wildman–Crippen LogP) is 0.105. The van der Waals surface area contributed by atoms with Gasteiger partial charge in [-0.15, -0.1) is 0 Å². The topological polar surface area (TPSA) is 86.5 Å². The second-order valence-electron chi connectivity index (χ2n) is 2.73. The highest BCUT2D eigenvalue weighted by Gasteiger charge is 1.95. The molecule has 0 radical (unpaired) electrons. The van der Waals surface area contributed by atoms with E-state index in [2.05, 4.69) is 25.3 Å². The minimum Gasteiger partial charge on any atom is -0.364 e. The lowest BCUT2D eigenvalue weighted by molar-refractivity contribution is 1.03. The van der Waals surface area contributed by atoms with Gasteiger partial charge < -0.3 is 15.3 Å². The molecule has 0 aromatic carbocycles. The van der Waals surface area contributed by atoms with Crippen LogP contribution in [0.15, 0.2) is 29.7 Å². The summed E-state index contributed by atoms with van der Waals surface area (Å²) < 4.78 is 0. The van der Waals surface area contributed by atoms with Crippen LogP contribution in [-0.4, -0.2) is 19.9 Å². The molecule has 0 unspecified atom stereocenters. The SMILES string of the molecule is O=c1cc(NCc2cnc[nH]2)nc[nH]1. The zero-order valence-corrected chi connectivity index (χ0v) is 7.32. The van der Waals surface area contributed by atoms with Crippen molar-refractivity contribution in [3.05, 3.63) is 41.0 Å². The molecule has 0 bridgehead atoms. The van der Waals surface area contributed by atoms with Gasteiger partial charge in [-0.1, -0.05) is 0 Å². The molecule has 2 heterocycles. The molecular formula is C8H9N5O. The lowest BCUT2D eigenvalue weighted by atomic mass is 10.4. The molecule has 2 aromatic heterocycles. The highest BCUT2D eigenvalue weighted by Crippen LogP contribution is 1.98. The summed E-state index contributed by atoms with van der Waals surface area (Å²) in [5.74, 6) is 0.545. The fourth-order valence-electron chi connectivity index (χ4n) is 1.03. The summed E-state index contributed by atoms with van der Waals surface area (Å²) in [6.45, 7) is 0.566. The molecule has 2 rings (SSSR count). The lowest BCUT2D eigenvalue weighted by Gasteiger charge is -2.01. The minimum absolute atomic E-state index is 0.174. The van der Waals surface area contributed by atoms with Crippen LogP contribution in [0.5, 0.6) is 0 Å².